The molecule has 0 unspecified atom stereocenters. The van der Waals surface area contributed by atoms with Gasteiger partial charge in [-0.2, -0.15) is 5.26 Å². The number of rotatable bonds is 6. The van der Waals surface area contributed by atoms with Crippen LogP contribution < -0.4 is 20.7 Å². The molecule has 0 aliphatic heterocycles. The Hall–Kier alpha value is -3.95. The third-order valence-electron chi connectivity index (χ3n) is 4.24. The number of hydrogen-bond acceptors (Lipinski definition) is 5. The lowest BCUT2D eigenvalue weighted by Crippen LogP contribution is -2.18. The summed E-state index contributed by atoms with van der Waals surface area (Å²) in [7, 11) is 1.48. The van der Waals surface area contributed by atoms with Gasteiger partial charge < -0.3 is 20.7 Å². The van der Waals surface area contributed by atoms with Gasteiger partial charge in [-0.15, -0.1) is 0 Å². The topological polar surface area (TPSA) is 91.4 Å². The fourth-order valence-electron chi connectivity index (χ4n) is 2.76. The lowest BCUT2D eigenvalue weighted by Gasteiger charge is -2.21. The molecule has 0 bridgehead atoms. The summed E-state index contributed by atoms with van der Waals surface area (Å²) in [6.45, 7) is 0. The summed E-state index contributed by atoms with van der Waals surface area (Å²) in [4.78, 5) is 14.6. The number of benzene rings is 3. The molecule has 3 N–H and O–H groups in total. The van der Waals surface area contributed by atoms with Gasteiger partial charge in [0.15, 0.2) is 0 Å². The van der Waals surface area contributed by atoms with Crippen molar-refractivity contribution in [1.29, 1.82) is 5.26 Å². The summed E-state index contributed by atoms with van der Waals surface area (Å²) >= 11 is 6.02. The molecule has 0 aliphatic carbocycles. The number of halogens is 1. The first kappa shape index (κ1) is 20.8. The summed E-state index contributed by atoms with van der Waals surface area (Å²) in [5, 5.41) is 12.8. The maximum absolute atomic E-state index is 12.8. The van der Waals surface area contributed by atoms with E-state index in [1.54, 1.807) is 35.2 Å². The van der Waals surface area contributed by atoms with Gasteiger partial charge in [0.05, 0.1) is 12.8 Å². The van der Waals surface area contributed by atoms with Gasteiger partial charge in [0.1, 0.15) is 17.4 Å². The highest BCUT2D eigenvalue weighted by Crippen LogP contribution is 2.29. The van der Waals surface area contributed by atoms with E-state index < -0.39 is 5.91 Å². The van der Waals surface area contributed by atoms with Crippen LogP contribution in [-0.2, 0) is 4.79 Å². The van der Waals surface area contributed by atoms with E-state index in [0.717, 1.165) is 11.4 Å². The third kappa shape index (κ3) is 4.90. The number of nitrogens with one attached hydrogen (secondary N) is 1. The number of hydrogen-bond donors (Lipinski definition) is 2. The Morgan fingerprint density at radius 1 is 1.10 bits per heavy atom. The van der Waals surface area contributed by atoms with Crippen molar-refractivity contribution in [3.63, 3.8) is 0 Å². The standard InChI is InChI=1S/C23H19ClN4O2/c1-30-22-12-7-17(24)13-21(22)27-23(29)16(14-25)15-28(19-5-3-2-4-6-19)20-10-8-18(26)9-11-20/h2-13,15H,26H2,1H3,(H,27,29)/b16-15-. The minimum absolute atomic E-state index is 0.0993. The Morgan fingerprint density at radius 2 is 1.77 bits per heavy atom. The van der Waals surface area contributed by atoms with Crippen molar-refractivity contribution in [2.45, 2.75) is 0 Å². The number of anilines is 4. The van der Waals surface area contributed by atoms with Gasteiger partial charge in [0.25, 0.3) is 5.91 Å². The van der Waals surface area contributed by atoms with Crippen molar-refractivity contribution in [2.75, 3.05) is 23.1 Å². The molecule has 3 aromatic rings. The minimum Gasteiger partial charge on any atom is -0.495 e. The van der Waals surface area contributed by atoms with Crippen LogP contribution in [0.3, 0.4) is 0 Å². The minimum atomic E-state index is -0.588. The van der Waals surface area contributed by atoms with Crippen LogP contribution in [0.25, 0.3) is 0 Å². The van der Waals surface area contributed by atoms with Crippen LogP contribution >= 0.6 is 11.6 Å². The second kappa shape index (κ2) is 9.50. The molecule has 3 aromatic carbocycles. The van der Waals surface area contributed by atoms with E-state index in [9.17, 15) is 10.1 Å². The van der Waals surface area contributed by atoms with E-state index >= 15 is 0 Å². The van der Waals surface area contributed by atoms with Gasteiger partial charge in [0, 0.05) is 28.3 Å². The zero-order valence-electron chi connectivity index (χ0n) is 16.2. The largest absolute Gasteiger partial charge is 0.495 e. The Labute approximate surface area is 179 Å². The van der Waals surface area contributed by atoms with E-state index in [-0.39, 0.29) is 5.57 Å². The monoisotopic (exact) mass is 418 g/mol. The number of nitrogen functional groups attached to an aromatic ring is 1. The first-order valence-electron chi connectivity index (χ1n) is 8.98. The number of nitrogens with zero attached hydrogens (tertiary/aromatic N) is 2. The van der Waals surface area contributed by atoms with Gasteiger partial charge in [-0.1, -0.05) is 29.8 Å². The van der Waals surface area contributed by atoms with Gasteiger partial charge in [-0.3, -0.25) is 4.79 Å². The summed E-state index contributed by atoms with van der Waals surface area (Å²) in [5.74, 6) is -0.155. The van der Waals surface area contributed by atoms with Crippen LogP contribution in [0.5, 0.6) is 5.75 Å². The lowest BCUT2D eigenvalue weighted by molar-refractivity contribution is -0.112. The average molecular weight is 419 g/mol. The number of para-hydroxylation sites is 1. The molecule has 6 nitrogen and oxygen atoms in total. The molecule has 0 atom stereocenters. The van der Waals surface area contributed by atoms with E-state index in [0.29, 0.717) is 22.1 Å². The molecule has 0 saturated carbocycles. The Kier molecular flexibility index (Phi) is 6.58. The number of nitriles is 1. The van der Waals surface area contributed by atoms with Crippen LogP contribution in [0, 0.1) is 11.3 Å². The van der Waals surface area contributed by atoms with Crippen molar-refractivity contribution in [3.05, 3.63) is 89.6 Å². The number of amides is 1. The van der Waals surface area contributed by atoms with Crippen molar-refractivity contribution >= 4 is 40.3 Å². The van der Waals surface area contributed by atoms with E-state index in [1.807, 2.05) is 48.5 Å². The number of nitrogens with two attached hydrogens (primary N) is 1. The normalized spacial score (nSPS) is 10.8. The van der Waals surface area contributed by atoms with Crippen LogP contribution in [0.15, 0.2) is 84.6 Å². The second-order valence-electron chi connectivity index (χ2n) is 6.25. The average Bonchev–Trinajstić information content (AvgIpc) is 2.76. The van der Waals surface area contributed by atoms with E-state index in [4.69, 9.17) is 22.1 Å². The molecular formula is C23H19ClN4O2. The smallest absolute Gasteiger partial charge is 0.267 e. The Balaban J connectivity index is 1.98. The van der Waals surface area contributed by atoms with Crippen molar-refractivity contribution in [1.82, 2.24) is 0 Å². The summed E-state index contributed by atoms with van der Waals surface area (Å²) < 4.78 is 5.25. The molecule has 0 aliphatic rings. The molecule has 0 radical (unpaired) electrons. The van der Waals surface area contributed by atoms with Crippen LogP contribution in [0.2, 0.25) is 5.02 Å². The van der Waals surface area contributed by atoms with Crippen LogP contribution in [0.4, 0.5) is 22.7 Å². The Morgan fingerprint density at radius 3 is 2.40 bits per heavy atom. The molecule has 0 spiro atoms. The first-order chi connectivity index (χ1) is 14.5. The zero-order chi connectivity index (χ0) is 21.5. The fraction of sp³-hybridized carbons (Fsp3) is 0.0435. The maximum atomic E-state index is 12.8. The lowest BCUT2D eigenvalue weighted by atomic mass is 10.2. The molecular weight excluding hydrogens is 400 g/mol. The maximum Gasteiger partial charge on any atom is 0.267 e. The highest BCUT2D eigenvalue weighted by atomic mass is 35.5. The number of carbonyl (C=O) groups excluding carboxylic acids is 1. The van der Waals surface area contributed by atoms with Crippen LogP contribution in [-0.4, -0.2) is 13.0 Å². The molecule has 0 heterocycles. The van der Waals surface area contributed by atoms with Gasteiger partial charge >= 0.3 is 0 Å². The zero-order valence-corrected chi connectivity index (χ0v) is 16.9. The third-order valence-corrected chi connectivity index (χ3v) is 4.47. The Bertz CT molecular complexity index is 1110. The molecule has 1 amide bonds. The molecule has 150 valence electrons. The van der Waals surface area contributed by atoms with Crippen molar-refractivity contribution in [3.8, 4) is 11.8 Å². The fourth-order valence-corrected chi connectivity index (χ4v) is 2.93. The summed E-state index contributed by atoms with van der Waals surface area (Å²) in [6.07, 6.45) is 1.48. The molecule has 7 heteroatoms. The van der Waals surface area contributed by atoms with Gasteiger partial charge in [0.2, 0.25) is 0 Å². The molecule has 30 heavy (non-hydrogen) atoms. The molecule has 0 aromatic heterocycles. The highest BCUT2D eigenvalue weighted by Gasteiger charge is 2.16. The van der Waals surface area contributed by atoms with Crippen LogP contribution in [0.1, 0.15) is 0 Å². The van der Waals surface area contributed by atoms with Gasteiger partial charge in [-0.25, -0.2) is 0 Å². The highest BCUT2D eigenvalue weighted by molar-refractivity contribution is 6.31. The second-order valence-corrected chi connectivity index (χ2v) is 6.69. The molecule has 0 fully saturated rings. The molecule has 0 saturated heterocycles. The molecule has 3 rings (SSSR count). The van der Waals surface area contributed by atoms with Crippen molar-refractivity contribution in [2.24, 2.45) is 0 Å². The van der Waals surface area contributed by atoms with Crippen molar-refractivity contribution < 1.29 is 9.53 Å². The van der Waals surface area contributed by atoms with E-state index in [2.05, 4.69) is 5.32 Å². The number of ether oxygens (including phenoxy) is 1. The summed E-state index contributed by atoms with van der Waals surface area (Å²) in [5.41, 5.74) is 8.20. The summed E-state index contributed by atoms with van der Waals surface area (Å²) in [6, 6.07) is 23.3. The number of carbonyl (C=O) groups is 1. The predicted octanol–water partition coefficient (Wildman–Crippen LogP) is 5.12. The van der Waals surface area contributed by atoms with E-state index in [1.165, 1.54) is 13.3 Å². The number of methoxy groups -OCH3 is 1. The quantitative estimate of drug-likeness (QED) is 0.329. The predicted molar refractivity (Wildman–Crippen MR) is 120 cm³/mol. The SMILES string of the molecule is COc1ccc(Cl)cc1NC(=O)/C(C#N)=C\N(c1ccccc1)c1ccc(N)cc1. The first-order valence-corrected chi connectivity index (χ1v) is 9.36. The van der Waals surface area contributed by atoms with Gasteiger partial charge in [-0.05, 0) is 54.6 Å².